The molecule has 1 aromatic carbocycles. The van der Waals surface area contributed by atoms with Gasteiger partial charge in [-0.3, -0.25) is 4.90 Å². The second kappa shape index (κ2) is 9.83. The smallest absolute Gasteiger partial charge is 0.119 e. The number of hydrogen-bond donors (Lipinski definition) is 0. The van der Waals surface area contributed by atoms with Crippen molar-refractivity contribution in [1.82, 2.24) is 9.80 Å². The molecule has 110 valence electrons. The van der Waals surface area contributed by atoms with E-state index in [1.54, 1.807) is 0 Å². The van der Waals surface area contributed by atoms with Crippen molar-refractivity contribution in [3.8, 4) is 5.75 Å². The fourth-order valence-corrected chi connectivity index (χ4v) is 2.16. The highest BCUT2D eigenvalue weighted by Crippen LogP contribution is 2.15. The maximum Gasteiger partial charge on any atom is 0.119 e. The van der Waals surface area contributed by atoms with E-state index in [1.807, 2.05) is 24.3 Å². The molecule has 1 aliphatic rings. The van der Waals surface area contributed by atoms with Gasteiger partial charge in [0, 0.05) is 37.2 Å². The monoisotopic (exact) mass is 370 g/mol. The van der Waals surface area contributed by atoms with Gasteiger partial charge in [0.05, 0.1) is 0 Å². The first-order valence-electron chi connectivity index (χ1n) is 6.03. The molecule has 6 heteroatoms. The van der Waals surface area contributed by atoms with Crippen molar-refractivity contribution >= 4 is 40.7 Å². The first-order chi connectivity index (χ1) is 8.24. The lowest BCUT2D eigenvalue weighted by molar-refractivity contribution is 0.134. The van der Waals surface area contributed by atoms with Crippen molar-refractivity contribution in [1.29, 1.82) is 0 Å². The summed E-state index contributed by atoms with van der Waals surface area (Å²) < 4.78 is 6.80. The number of rotatable bonds is 4. The summed E-state index contributed by atoms with van der Waals surface area (Å²) in [6.07, 6.45) is 0. The molecule has 3 nitrogen and oxygen atoms in total. The summed E-state index contributed by atoms with van der Waals surface area (Å²) in [7, 11) is 2.18. The third-order valence-corrected chi connectivity index (χ3v) is 3.61. The summed E-state index contributed by atoms with van der Waals surface area (Å²) in [5.41, 5.74) is 0. The number of halogens is 3. The Morgan fingerprint density at radius 2 is 1.63 bits per heavy atom. The molecule has 0 radical (unpaired) electrons. The van der Waals surface area contributed by atoms with Gasteiger partial charge in [0.25, 0.3) is 0 Å². The lowest BCUT2D eigenvalue weighted by Crippen LogP contribution is -2.45. The van der Waals surface area contributed by atoms with Crippen molar-refractivity contribution < 1.29 is 4.74 Å². The van der Waals surface area contributed by atoms with Gasteiger partial charge < -0.3 is 9.64 Å². The molecule has 1 saturated heterocycles. The van der Waals surface area contributed by atoms with Crippen LogP contribution in [-0.4, -0.2) is 56.2 Å². The van der Waals surface area contributed by atoms with E-state index >= 15 is 0 Å². The average Bonchev–Trinajstić information content (AvgIpc) is 2.34. The van der Waals surface area contributed by atoms with E-state index in [9.17, 15) is 0 Å². The van der Waals surface area contributed by atoms with Crippen molar-refractivity contribution in [2.75, 3.05) is 46.4 Å². The Morgan fingerprint density at radius 1 is 1.05 bits per heavy atom. The number of piperazine rings is 1. The zero-order valence-electron chi connectivity index (χ0n) is 11.0. The van der Waals surface area contributed by atoms with Crippen molar-refractivity contribution in [3.05, 3.63) is 28.7 Å². The molecule has 1 heterocycles. The Morgan fingerprint density at radius 3 is 2.21 bits per heavy atom. The van der Waals surface area contributed by atoms with Crippen LogP contribution in [0.5, 0.6) is 5.75 Å². The van der Waals surface area contributed by atoms with Gasteiger partial charge in [0.2, 0.25) is 0 Å². The van der Waals surface area contributed by atoms with Crippen LogP contribution in [0.3, 0.4) is 0 Å². The molecule has 0 amide bonds. The Labute approximate surface area is 136 Å². The fourth-order valence-electron chi connectivity index (χ4n) is 1.89. The van der Waals surface area contributed by atoms with E-state index in [1.165, 1.54) is 0 Å². The number of hydrogen-bond acceptors (Lipinski definition) is 3. The predicted molar refractivity (Wildman–Crippen MR) is 88.1 cm³/mol. The predicted octanol–water partition coefficient (Wildman–Crippen LogP) is 2.92. The van der Waals surface area contributed by atoms with Gasteiger partial charge in [-0.2, -0.15) is 0 Å². The Hall–Kier alpha value is -0.000000000000000111. The highest BCUT2D eigenvalue weighted by Gasteiger charge is 2.12. The molecular formula is C13H21BrCl2N2O. The third kappa shape index (κ3) is 6.82. The molecule has 0 spiro atoms. The second-order valence-corrected chi connectivity index (χ2v) is 5.36. The Balaban J connectivity index is 0.00000162. The molecule has 0 bridgehead atoms. The van der Waals surface area contributed by atoms with Crippen LogP contribution >= 0.6 is 40.7 Å². The molecule has 1 aromatic rings. The molecule has 0 aliphatic carbocycles. The molecule has 0 aromatic heterocycles. The van der Waals surface area contributed by atoms with Crippen LogP contribution < -0.4 is 4.74 Å². The molecule has 19 heavy (non-hydrogen) atoms. The van der Waals surface area contributed by atoms with Crippen LogP contribution in [0, 0.1) is 0 Å². The molecule has 1 aliphatic heterocycles. The van der Waals surface area contributed by atoms with E-state index in [4.69, 9.17) is 4.74 Å². The third-order valence-electron chi connectivity index (χ3n) is 3.09. The first-order valence-corrected chi connectivity index (χ1v) is 6.82. The average molecular weight is 372 g/mol. The highest BCUT2D eigenvalue weighted by atomic mass is 79.9. The van der Waals surface area contributed by atoms with Gasteiger partial charge in [0.15, 0.2) is 0 Å². The second-order valence-electron chi connectivity index (χ2n) is 4.45. The van der Waals surface area contributed by atoms with E-state index < -0.39 is 0 Å². The van der Waals surface area contributed by atoms with Gasteiger partial charge in [-0.15, -0.1) is 24.8 Å². The SMILES string of the molecule is CN1CCN(CCOc2ccc(Br)cc2)CC1.Cl.Cl. The van der Waals surface area contributed by atoms with E-state index in [2.05, 4.69) is 32.8 Å². The Bertz CT molecular complexity index is 343. The minimum absolute atomic E-state index is 0. The maximum atomic E-state index is 5.71. The van der Waals surface area contributed by atoms with E-state index in [-0.39, 0.29) is 24.8 Å². The number of ether oxygens (including phenoxy) is 1. The molecule has 0 unspecified atom stereocenters. The largest absolute Gasteiger partial charge is 0.492 e. The highest BCUT2D eigenvalue weighted by molar-refractivity contribution is 9.10. The number of likely N-dealkylation sites (N-methyl/N-ethyl adjacent to an activating group) is 1. The van der Waals surface area contributed by atoms with Crippen LogP contribution in [0.1, 0.15) is 0 Å². The summed E-state index contributed by atoms with van der Waals surface area (Å²) >= 11 is 3.41. The van der Waals surface area contributed by atoms with Gasteiger partial charge >= 0.3 is 0 Å². The number of nitrogens with zero attached hydrogens (tertiary/aromatic N) is 2. The summed E-state index contributed by atoms with van der Waals surface area (Å²) in [6.45, 7) is 6.42. The van der Waals surface area contributed by atoms with Gasteiger partial charge in [0.1, 0.15) is 12.4 Å². The number of benzene rings is 1. The van der Waals surface area contributed by atoms with Crippen LogP contribution in [-0.2, 0) is 0 Å². The minimum Gasteiger partial charge on any atom is -0.492 e. The normalized spacial score (nSPS) is 16.3. The van der Waals surface area contributed by atoms with Gasteiger partial charge in [-0.05, 0) is 31.3 Å². The molecule has 1 fully saturated rings. The zero-order valence-corrected chi connectivity index (χ0v) is 14.3. The molecule has 0 saturated carbocycles. The standard InChI is InChI=1S/C13H19BrN2O.2ClH/c1-15-6-8-16(9-7-15)10-11-17-13-4-2-12(14)3-5-13;;/h2-5H,6-11H2,1H3;2*1H. The lowest BCUT2D eigenvalue weighted by Gasteiger charge is -2.32. The lowest BCUT2D eigenvalue weighted by atomic mass is 10.3. The molecule has 2 rings (SSSR count). The zero-order chi connectivity index (χ0) is 12.1. The van der Waals surface area contributed by atoms with Crippen molar-refractivity contribution in [2.45, 2.75) is 0 Å². The van der Waals surface area contributed by atoms with Crippen molar-refractivity contribution in [2.24, 2.45) is 0 Å². The van der Waals surface area contributed by atoms with Crippen LogP contribution in [0.25, 0.3) is 0 Å². The van der Waals surface area contributed by atoms with Crippen molar-refractivity contribution in [3.63, 3.8) is 0 Å². The first kappa shape index (κ1) is 19.0. The van der Waals surface area contributed by atoms with E-state index in [0.29, 0.717) is 0 Å². The summed E-state index contributed by atoms with van der Waals surface area (Å²) in [4.78, 5) is 4.82. The van der Waals surface area contributed by atoms with Gasteiger partial charge in [-0.1, -0.05) is 15.9 Å². The molecular weight excluding hydrogens is 351 g/mol. The minimum atomic E-state index is 0. The fraction of sp³-hybridized carbons (Fsp3) is 0.538. The molecule has 0 N–H and O–H groups in total. The van der Waals surface area contributed by atoms with Crippen LogP contribution in [0.4, 0.5) is 0 Å². The van der Waals surface area contributed by atoms with Gasteiger partial charge in [-0.25, -0.2) is 0 Å². The Kier molecular flexibility index (Phi) is 9.83. The van der Waals surface area contributed by atoms with E-state index in [0.717, 1.165) is 49.6 Å². The van der Waals surface area contributed by atoms with Crippen LogP contribution in [0.15, 0.2) is 28.7 Å². The molecule has 0 atom stereocenters. The van der Waals surface area contributed by atoms with Crippen LogP contribution in [0.2, 0.25) is 0 Å². The quantitative estimate of drug-likeness (QED) is 0.809. The summed E-state index contributed by atoms with van der Waals surface area (Å²) in [5.74, 6) is 0.947. The maximum absolute atomic E-state index is 5.71. The topological polar surface area (TPSA) is 15.7 Å². The summed E-state index contributed by atoms with van der Waals surface area (Å²) in [6, 6.07) is 8.00. The summed E-state index contributed by atoms with van der Waals surface area (Å²) in [5, 5.41) is 0.